The lowest BCUT2D eigenvalue weighted by Crippen LogP contribution is -2.22. The molecule has 0 aliphatic carbocycles. The highest BCUT2D eigenvalue weighted by Crippen LogP contribution is 2.25. The van der Waals surface area contributed by atoms with E-state index < -0.39 is 5.41 Å². The van der Waals surface area contributed by atoms with Crippen LogP contribution in [0.2, 0.25) is 0 Å². The highest BCUT2D eigenvalue weighted by Gasteiger charge is 2.25. The van der Waals surface area contributed by atoms with E-state index in [1.807, 2.05) is 41.8 Å². The maximum absolute atomic E-state index is 12.1. The molecule has 0 fully saturated rings. The van der Waals surface area contributed by atoms with Crippen LogP contribution in [0.4, 0.5) is 5.13 Å². The Labute approximate surface area is 134 Å². The summed E-state index contributed by atoms with van der Waals surface area (Å²) < 4.78 is 0. The minimum absolute atomic E-state index is 0.101. The van der Waals surface area contributed by atoms with Crippen molar-refractivity contribution >= 4 is 22.3 Å². The molecule has 1 N–H and O–H groups in total. The van der Waals surface area contributed by atoms with Gasteiger partial charge in [0.05, 0.1) is 5.69 Å². The summed E-state index contributed by atoms with van der Waals surface area (Å²) >= 11 is 1.43. The summed E-state index contributed by atoms with van der Waals surface area (Å²) in [4.78, 5) is 16.5. The van der Waals surface area contributed by atoms with Crippen molar-refractivity contribution in [3.05, 3.63) is 47.5 Å². The number of allylic oxidation sites excluding steroid dienone is 1. The average molecular weight is 311 g/mol. The lowest BCUT2D eigenvalue weighted by molar-refractivity contribution is -0.122. The van der Waals surface area contributed by atoms with Gasteiger partial charge in [0.1, 0.15) is 11.6 Å². The van der Waals surface area contributed by atoms with Gasteiger partial charge < -0.3 is 5.32 Å². The first-order chi connectivity index (χ1) is 10.4. The zero-order valence-corrected chi connectivity index (χ0v) is 13.6. The number of aromatic nitrogens is 1. The molecule has 2 aromatic rings. The Bertz CT molecular complexity index is 733. The van der Waals surface area contributed by atoms with E-state index in [2.05, 4.69) is 10.3 Å². The van der Waals surface area contributed by atoms with E-state index in [4.69, 9.17) is 5.26 Å². The van der Waals surface area contributed by atoms with Gasteiger partial charge in [-0.05, 0) is 0 Å². The normalized spacial score (nSPS) is 11.8. The molecule has 0 spiro atoms. The van der Waals surface area contributed by atoms with Crippen LogP contribution in [0.15, 0.2) is 47.5 Å². The van der Waals surface area contributed by atoms with Crippen LogP contribution in [-0.2, 0) is 4.79 Å². The van der Waals surface area contributed by atoms with Crippen LogP contribution in [0.3, 0.4) is 0 Å². The molecule has 5 heteroatoms. The lowest BCUT2D eigenvalue weighted by Gasteiger charge is -2.15. The number of hydrogen-bond donors (Lipinski definition) is 1. The van der Waals surface area contributed by atoms with E-state index >= 15 is 0 Å². The number of thiazole rings is 1. The number of rotatable bonds is 4. The first-order valence-electron chi connectivity index (χ1n) is 6.84. The summed E-state index contributed by atoms with van der Waals surface area (Å²) in [6.45, 7) is 5.37. The third kappa shape index (κ3) is 3.80. The number of anilines is 1. The quantitative estimate of drug-likeness (QED) is 0.677. The van der Waals surface area contributed by atoms with Gasteiger partial charge in [-0.3, -0.25) is 4.79 Å². The molecule has 112 valence electrons. The SMILES string of the molecule is CC(C)(C)C(=O)C(C#N)=CNc1nc(-c2ccccc2)cs1. The Morgan fingerprint density at radius 1 is 1.32 bits per heavy atom. The molecule has 0 atom stereocenters. The molecule has 0 amide bonds. The van der Waals surface area contributed by atoms with Crippen molar-refractivity contribution in [3.63, 3.8) is 0 Å². The molecule has 1 aromatic carbocycles. The molecule has 0 bridgehead atoms. The molecular weight excluding hydrogens is 294 g/mol. The van der Waals surface area contributed by atoms with Crippen molar-refractivity contribution in [1.29, 1.82) is 5.26 Å². The molecule has 0 aliphatic heterocycles. The predicted molar refractivity (Wildman–Crippen MR) is 89.3 cm³/mol. The van der Waals surface area contributed by atoms with Gasteiger partial charge in [0.2, 0.25) is 0 Å². The molecule has 0 radical (unpaired) electrons. The molecule has 4 nitrogen and oxygen atoms in total. The van der Waals surface area contributed by atoms with E-state index in [1.165, 1.54) is 17.5 Å². The standard InChI is InChI=1S/C17H17N3OS/c1-17(2,3)15(21)13(9-18)10-19-16-20-14(11-22-16)12-7-5-4-6-8-12/h4-8,10-11H,1-3H3,(H,19,20). The van der Waals surface area contributed by atoms with Crippen LogP contribution >= 0.6 is 11.3 Å². The molecular formula is C17H17N3OS. The summed E-state index contributed by atoms with van der Waals surface area (Å²) in [5.41, 5.74) is 1.41. The van der Waals surface area contributed by atoms with Crippen molar-refractivity contribution in [2.24, 2.45) is 5.41 Å². The lowest BCUT2D eigenvalue weighted by atomic mass is 9.87. The van der Waals surface area contributed by atoms with Crippen molar-refractivity contribution in [2.75, 3.05) is 5.32 Å². The van der Waals surface area contributed by atoms with Crippen LogP contribution in [0.1, 0.15) is 20.8 Å². The fourth-order valence-corrected chi connectivity index (χ4v) is 2.46. The molecule has 0 aliphatic rings. The van der Waals surface area contributed by atoms with Crippen LogP contribution in [0, 0.1) is 16.7 Å². The van der Waals surface area contributed by atoms with Crippen molar-refractivity contribution in [2.45, 2.75) is 20.8 Å². The highest BCUT2D eigenvalue weighted by atomic mass is 32.1. The summed E-state index contributed by atoms with van der Waals surface area (Å²) in [5, 5.41) is 14.6. The second-order valence-corrected chi connectivity index (χ2v) is 6.66. The van der Waals surface area contributed by atoms with E-state index in [-0.39, 0.29) is 11.4 Å². The van der Waals surface area contributed by atoms with E-state index in [0.29, 0.717) is 5.13 Å². The van der Waals surface area contributed by atoms with Gasteiger partial charge in [0.25, 0.3) is 0 Å². The fourth-order valence-electron chi connectivity index (χ4n) is 1.77. The molecule has 1 heterocycles. The monoisotopic (exact) mass is 311 g/mol. The average Bonchev–Trinajstić information content (AvgIpc) is 2.96. The van der Waals surface area contributed by atoms with Gasteiger partial charge in [-0.2, -0.15) is 5.26 Å². The van der Waals surface area contributed by atoms with E-state index in [9.17, 15) is 4.79 Å². The Balaban J connectivity index is 2.15. The molecule has 1 aromatic heterocycles. The number of Topliss-reactive ketones (excluding diaryl/α,β-unsaturated/α-hetero) is 1. The maximum Gasteiger partial charge on any atom is 0.187 e. The van der Waals surface area contributed by atoms with Crippen molar-refractivity contribution in [3.8, 4) is 17.3 Å². The number of benzene rings is 1. The number of nitrogens with zero attached hydrogens (tertiary/aromatic N) is 2. The Morgan fingerprint density at radius 3 is 2.59 bits per heavy atom. The second-order valence-electron chi connectivity index (χ2n) is 5.80. The minimum Gasteiger partial charge on any atom is -0.337 e. The number of nitriles is 1. The minimum atomic E-state index is -0.582. The molecule has 0 saturated carbocycles. The Hall–Kier alpha value is -2.45. The Kier molecular flexibility index (Phi) is 4.74. The van der Waals surface area contributed by atoms with Crippen molar-refractivity contribution < 1.29 is 4.79 Å². The topological polar surface area (TPSA) is 65.8 Å². The molecule has 2 rings (SSSR count). The van der Waals surface area contributed by atoms with Crippen molar-refractivity contribution in [1.82, 2.24) is 4.98 Å². The predicted octanol–water partition coefficient (Wildman–Crippen LogP) is 4.24. The summed E-state index contributed by atoms with van der Waals surface area (Å²) in [5.74, 6) is -0.192. The summed E-state index contributed by atoms with van der Waals surface area (Å²) in [6, 6.07) is 11.8. The van der Waals surface area contributed by atoms with Crippen LogP contribution < -0.4 is 5.32 Å². The summed E-state index contributed by atoms with van der Waals surface area (Å²) in [7, 11) is 0. The van der Waals surface area contributed by atoms with Gasteiger partial charge in [-0.15, -0.1) is 11.3 Å². The third-order valence-corrected chi connectivity index (χ3v) is 3.73. The Morgan fingerprint density at radius 2 is 2.00 bits per heavy atom. The van der Waals surface area contributed by atoms with Crippen LogP contribution in [0.5, 0.6) is 0 Å². The fraction of sp³-hybridized carbons (Fsp3) is 0.235. The molecule has 0 saturated heterocycles. The van der Waals surface area contributed by atoms with Gasteiger partial charge in [-0.1, -0.05) is 51.1 Å². The number of hydrogen-bond acceptors (Lipinski definition) is 5. The summed E-state index contributed by atoms with van der Waals surface area (Å²) in [6.07, 6.45) is 1.43. The maximum atomic E-state index is 12.1. The van der Waals surface area contributed by atoms with Gasteiger partial charge in [0, 0.05) is 22.6 Å². The highest BCUT2D eigenvalue weighted by molar-refractivity contribution is 7.14. The number of ketones is 1. The van der Waals surface area contributed by atoms with Crippen LogP contribution in [0.25, 0.3) is 11.3 Å². The molecule has 22 heavy (non-hydrogen) atoms. The van der Waals surface area contributed by atoms with Gasteiger partial charge in [-0.25, -0.2) is 4.98 Å². The number of carbonyl (C=O) groups is 1. The molecule has 0 unspecified atom stereocenters. The first kappa shape index (κ1) is 15.9. The number of nitrogens with one attached hydrogen (secondary N) is 1. The van der Waals surface area contributed by atoms with Gasteiger partial charge in [0.15, 0.2) is 10.9 Å². The number of carbonyl (C=O) groups excluding carboxylic acids is 1. The zero-order chi connectivity index (χ0) is 16.2. The largest absolute Gasteiger partial charge is 0.337 e. The van der Waals surface area contributed by atoms with E-state index in [0.717, 1.165) is 11.3 Å². The van der Waals surface area contributed by atoms with E-state index in [1.54, 1.807) is 20.8 Å². The smallest absolute Gasteiger partial charge is 0.187 e. The first-order valence-corrected chi connectivity index (χ1v) is 7.72. The van der Waals surface area contributed by atoms with Crippen LogP contribution in [-0.4, -0.2) is 10.8 Å². The third-order valence-electron chi connectivity index (χ3n) is 2.96. The van der Waals surface area contributed by atoms with Gasteiger partial charge >= 0.3 is 0 Å². The second kappa shape index (κ2) is 6.54. The zero-order valence-electron chi connectivity index (χ0n) is 12.8.